The predicted octanol–water partition coefficient (Wildman–Crippen LogP) is 2.40. The molecule has 0 spiro atoms. The molecule has 1 aromatic rings. The Bertz CT molecular complexity index is 960. The van der Waals surface area contributed by atoms with Crippen molar-refractivity contribution in [2.75, 3.05) is 46.9 Å². The van der Waals surface area contributed by atoms with Gasteiger partial charge < -0.3 is 19.7 Å². The number of methoxy groups -OCH3 is 1. The highest BCUT2D eigenvalue weighted by molar-refractivity contribution is 5.95. The zero-order valence-corrected chi connectivity index (χ0v) is 21.0. The molecule has 9 nitrogen and oxygen atoms in total. The Balaban J connectivity index is 1.95. The number of esters is 1. The van der Waals surface area contributed by atoms with Crippen LogP contribution in [0.1, 0.15) is 39.3 Å². The number of nitrogens with zero attached hydrogens (tertiary/aromatic N) is 3. The van der Waals surface area contributed by atoms with E-state index in [1.54, 1.807) is 21.1 Å². The predicted molar refractivity (Wildman–Crippen MR) is 128 cm³/mol. The van der Waals surface area contributed by atoms with Crippen molar-refractivity contribution in [3.05, 3.63) is 41.1 Å². The van der Waals surface area contributed by atoms with Gasteiger partial charge in [0.1, 0.15) is 5.75 Å². The molecule has 0 radical (unpaired) electrons. The molecule has 186 valence electrons. The Labute approximate surface area is 201 Å². The van der Waals surface area contributed by atoms with Gasteiger partial charge in [0.2, 0.25) is 5.91 Å². The van der Waals surface area contributed by atoms with Gasteiger partial charge in [-0.25, -0.2) is 9.59 Å². The minimum Gasteiger partial charge on any atom is -0.497 e. The van der Waals surface area contributed by atoms with Crippen LogP contribution in [-0.4, -0.2) is 85.6 Å². The Morgan fingerprint density at radius 3 is 2.59 bits per heavy atom. The molecule has 1 N–H and O–H groups in total. The van der Waals surface area contributed by atoms with Gasteiger partial charge in [0.15, 0.2) is 0 Å². The van der Waals surface area contributed by atoms with E-state index in [0.717, 1.165) is 5.56 Å². The summed E-state index contributed by atoms with van der Waals surface area (Å²) in [5.74, 6) is 0.267. The summed E-state index contributed by atoms with van der Waals surface area (Å²) in [6.07, 6.45) is 0. The van der Waals surface area contributed by atoms with Crippen LogP contribution < -0.4 is 10.1 Å². The molecule has 1 saturated heterocycles. The van der Waals surface area contributed by atoms with Crippen LogP contribution in [0.5, 0.6) is 5.75 Å². The topological polar surface area (TPSA) is 91.4 Å². The third-order valence-electron chi connectivity index (χ3n) is 6.36. The highest BCUT2D eigenvalue weighted by Gasteiger charge is 2.38. The maximum absolute atomic E-state index is 13.2. The van der Waals surface area contributed by atoms with Crippen LogP contribution in [0.4, 0.5) is 4.79 Å². The average Bonchev–Trinajstić information content (AvgIpc) is 2.81. The summed E-state index contributed by atoms with van der Waals surface area (Å²) in [5, 5.41) is 2.93. The first-order valence-corrected chi connectivity index (χ1v) is 11.8. The standard InChI is InChI=1S/C25H36N4O5/c1-7-34-24(31)21-20(15-28-11-12-29(17(4)14-28)23(30)16(2)3)27(5)25(32)26-22(21)18-9-8-10-19(13-18)33-6/h8-10,13,16-17,22H,7,11-12,14-15H2,1-6H3,(H,26,32). The first-order valence-electron chi connectivity index (χ1n) is 11.8. The zero-order valence-electron chi connectivity index (χ0n) is 21.0. The van der Waals surface area contributed by atoms with Gasteiger partial charge in [0.25, 0.3) is 0 Å². The van der Waals surface area contributed by atoms with Crippen molar-refractivity contribution in [2.45, 2.75) is 39.8 Å². The number of ether oxygens (including phenoxy) is 2. The SMILES string of the molecule is CCOC(=O)C1=C(CN2CCN(C(=O)C(C)C)C(C)C2)N(C)C(=O)NC1c1cccc(OC)c1. The third-order valence-corrected chi connectivity index (χ3v) is 6.36. The van der Waals surface area contributed by atoms with E-state index in [1.165, 1.54) is 4.90 Å². The van der Waals surface area contributed by atoms with Gasteiger partial charge >= 0.3 is 12.0 Å². The van der Waals surface area contributed by atoms with E-state index in [1.807, 2.05) is 49.9 Å². The van der Waals surface area contributed by atoms with E-state index in [4.69, 9.17) is 9.47 Å². The second-order valence-electron chi connectivity index (χ2n) is 9.07. The number of piperazine rings is 1. The average molecular weight is 473 g/mol. The van der Waals surface area contributed by atoms with E-state index < -0.39 is 12.0 Å². The molecule has 3 rings (SSSR count). The number of nitrogens with one attached hydrogen (secondary N) is 1. The molecular formula is C25H36N4O5. The van der Waals surface area contributed by atoms with Crippen LogP contribution >= 0.6 is 0 Å². The monoisotopic (exact) mass is 472 g/mol. The van der Waals surface area contributed by atoms with E-state index in [2.05, 4.69) is 10.2 Å². The van der Waals surface area contributed by atoms with Gasteiger partial charge in [0.05, 0.1) is 25.3 Å². The van der Waals surface area contributed by atoms with Crippen molar-refractivity contribution in [1.29, 1.82) is 0 Å². The fourth-order valence-electron chi connectivity index (χ4n) is 4.52. The van der Waals surface area contributed by atoms with Crippen LogP contribution in [-0.2, 0) is 14.3 Å². The number of likely N-dealkylation sites (N-methyl/N-ethyl adjacent to an activating group) is 1. The Morgan fingerprint density at radius 2 is 1.97 bits per heavy atom. The Hall–Kier alpha value is -3.07. The molecule has 2 aliphatic heterocycles. The number of carbonyl (C=O) groups is 3. The van der Waals surface area contributed by atoms with Gasteiger partial charge in [-0.3, -0.25) is 14.6 Å². The molecule has 2 heterocycles. The summed E-state index contributed by atoms with van der Waals surface area (Å²) in [7, 11) is 3.23. The van der Waals surface area contributed by atoms with Crippen LogP contribution in [0.3, 0.4) is 0 Å². The lowest BCUT2D eigenvalue weighted by molar-refractivity contribution is -0.139. The second kappa shape index (κ2) is 10.9. The summed E-state index contributed by atoms with van der Waals surface area (Å²) in [5.41, 5.74) is 1.75. The molecule has 2 atom stereocenters. The van der Waals surface area contributed by atoms with Crippen molar-refractivity contribution in [2.24, 2.45) is 5.92 Å². The smallest absolute Gasteiger partial charge is 0.338 e. The second-order valence-corrected chi connectivity index (χ2v) is 9.07. The lowest BCUT2D eigenvalue weighted by atomic mass is 9.94. The fraction of sp³-hybridized carbons (Fsp3) is 0.560. The van der Waals surface area contributed by atoms with Crippen molar-refractivity contribution in [3.63, 3.8) is 0 Å². The zero-order chi connectivity index (χ0) is 25.0. The highest BCUT2D eigenvalue weighted by atomic mass is 16.5. The number of benzene rings is 1. The largest absolute Gasteiger partial charge is 0.497 e. The molecule has 0 bridgehead atoms. The molecular weight excluding hydrogens is 436 g/mol. The van der Waals surface area contributed by atoms with Gasteiger partial charge in [-0.2, -0.15) is 0 Å². The Kier molecular flexibility index (Phi) is 8.19. The maximum atomic E-state index is 13.2. The molecule has 1 aromatic carbocycles. The molecule has 0 aliphatic carbocycles. The normalized spacial score (nSPS) is 21.6. The summed E-state index contributed by atoms with van der Waals surface area (Å²) >= 11 is 0. The summed E-state index contributed by atoms with van der Waals surface area (Å²) in [6, 6.07) is 6.39. The molecule has 1 fully saturated rings. The van der Waals surface area contributed by atoms with Gasteiger partial charge in [-0.05, 0) is 31.5 Å². The van der Waals surface area contributed by atoms with Gasteiger partial charge in [0, 0.05) is 50.9 Å². The fourth-order valence-corrected chi connectivity index (χ4v) is 4.52. The Morgan fingerprint density at radius 1 is 1.24 bits per heavy atom. The number of urea groups is 1. The first kappa shape index (κ1) is 25.6. The summed E-state index contributed by atoms with van der Waals surface area (Å²) in [6.45, 7) is 10.1. The number of rotatable bonds is 7. The van der Waals surface area contributed by atoms with E-state index in [0.29, 0.717) is 43.2 Å². The van der Waals surface area contributed by atoms with Gasteiger partial charge in [-0.1, -0.05) is 26.0 Å². The lowest BCUT2D eigenvalue weighted by Crippen LogP contribution is -2.56. The highest BCUT2D eigenvalue weighted by Crippen LogP contribution is 2.33. The van der Waals surface area contributed by atoms with Crippen LogP contribution in [0.25, 0.3) is 0 Å². The minimum absolute atomic E-state index is 0.0344. The molecule has 3 amide bonds. The molecule has 0 saturated carbocycles. The number of carbonyl (C=O) groups excluding carboxylic acids is 3. The summed E-state index contributed by atoms with van der Waals surface area (Å²) < 4.78 is 10.8. The molecule has 9 heteroatoms. The van der Waals surface area contributed by atoms with Crippen LogP contribution in [0, 0.1) is 5.92 Å². The molecule has 2 unspecified atom stereocenters. The summed E-state index contributed by atoms with van der Waals surface area (Å²) in [4.78, 5) is 44.2. The van der Waals surface area contributed by atoms with E-state index >= 15 is 0 Å². The van der Waals surface area contributed by atoms with E-state index in [-0.39, 0.29) is 30.5 Å². The molecule has 34 heavy (non-hydrogen) atoms. The maximum Gasteiger partial charge on any atom is 0.338 e. The number of hydrogen-bond acceptors (Lipinski definition) is 6. The van der Waals surface area contributed by atoms with Crippen molar-refractivity contribution >= 4 is 17.9 Å². The van der Waals surface area contributed by atoms with Crippen LogP contribution in [0.2, 0.25) is 0 Å². The quantitative estimate of drug-likeness (QED) is 0.613. The number of hydrogen-bond donors (Lipinski definition) is 1. The molecule has 2 aliphatic rings. The van der Waals surface area contributed by atoms with E-state index in [9.17, 15) is 14.4 Å². The minimum atomic E-state index is -0.658. The van der Waals surface area contributed by atoms with Crippen LogP contribution in [0.15, 0.2) is 35.5 Å². The number of amides is 3. The first-order chi connectivity index (χ1) is 16.2. The molecule has 0 aromatic heterocycles. The van der Waals surface area contributed by atoms with Crippen molar-refractivity contribution < 1.29 is 23.9 Å². The van der Waals surface area contributed by atoms with Crippen molar-refractivity contribution in [3.8, 4) is 5.75 Å². The third kappa shape index (κ3) is 5.35. The van der Waals surface area contributed by atoms with Gasteiger partial charge in [-0.15, -0.1) is 0 Å². The van der Waals surface area contributed by atoms with Crippen molar-refractivity contribution in [1.82, 2.24) is 20.0 Å². The lowest BCUT2D eigenvalue weighted by Gasteiger charge is -2.42.